The summed E-state index contributed by atoms with van der Waals surface area (Å²) in [7, 11) is -1.25. The predicted octanol–water partition coefficient (Wildman–Crippen LogP) is 6.32. The van der Waals surface area contributed by atoms with Crippen molar-refractivity contribution in [3.8, 4) is 29.1 Å². The lowest BCUT2D eigenvalue weighted by molar-refractivity contribution is 0.391. The van der Waals surface area contributed by atoms with E-state index in [0.29, 0.717) is 32.7 Å². The SMILES string of the molecule is COc1ccc(CN(c2ncc(Cl)s2)S(=O)(=O)c2ccc(Oc3ccc(F)cc3C)c(C#N)c2)c(OC)c1. The summed E-state index contributed by atoms with van der Waals surface area (Å²) in [6, 6.07) is 14.9. The average Bonchev–Trinajstić information content (AvgIpc) is 3.34. The molecule has 0 fully saturated rings. The Morgan fingerprint density at radius 2 is 1.82 bits per heavy atom. The minimum atomic E-state index is -4.24. The van der Waals surface area contributed by atoms with Crippen molar-refractivity contribution in [1.82, 2.24) is 4.98 Å². The Bertz CT molecular complexity index is 1640. The fourth-order valence-electron chi connectivity index (χ4n) is 3.57. The lowest BCUT2D eigenvalue weighted by Gasteiger charge is -2.23. The van der Waals surface area contributed by atoms with Gasteiger partial charge in [-0.25, -0.2) is 22.1 Å². The molecular weight excluding hydrogens is 553 g/mol. The molecule has 4 aromatic rings. The Balaban J connectivity index is 1.75. The number of methoxy groups -OCH3 is 2. The Morgan fingerprint density at radius 3 is 2.45 bits per heavy atom. The summed E-state index contributed by atoms with van der Waals surface area (Å²) in [5, 5.41) is 9.89. The zero-order valence-corrected chi connectivity index (χ0v) is 22.8. The summed E-state index contributed by atoms with van der Waals surface area (Å²) in [4.78, 5) is 4.02. The Morgan fingerprint density at radius 1 is 1.05 bits per heavy atom. The van der Waals surface area contributed by atoms with Crippen molar-refractivity contribution in [2.24, 2.45) is 0 Å². The molecule has 1 aromatic heterocycles. The standard InChI is InChI=1S/C26H21ClFN3O5S2/c1-16-10-19(28)5-8-22(16)36-23-9-7-21(11-18(23)13-29)38(32,33)31(26-30-14-25(27)37-26)15-17-4-6-20(34-2)12-24(17)35-3/h4-12,14H,15H2,1-3H3. The minimum Gasteiger partial charge on any atom is -0.497 e. The van der Waals surface area contributed by atoms with Gasteiger partial charge in [-0.2, -0.15) is 5.26 Å². The summed E-state index contributed by atoms with van der Waals surface area (Å²) in [5.41, 5.74) is 1.05. The van der Waals surface area contributed by atoms with Crippen molar-refractivity contribution in [3.63, 3.8) is 0 Å². The number of anilines is 1. The van der Waals surface area contributed by atoms with E-state index < -0.39 is 15.8 Å². The van der Waals surface area contributed by atoms with Crippen LogP contribution in [0, 0.1) is 24.1 Å². The van der Waals surface area contributed by atoms with Crippen molar-refractivity contribution in [3.05, 3.63) is 87.6 Å². The second kappa shape index (κ2) is 11.3. The number of halogens is 2. The molecule has 0 bridgehead atoms. The fourth-order valence-corrected chi connectivity index (χ4v) is 6.11. The maximum Gasteiger partial charge on any atom is 0.266 e. The van der Waals surface area contributed by atoms with E-state index in [1.165, 1.54) is 56.8 Å². The van der Waals surface area contributed by atoms with Crippen LogP contribution in [0.4, 0.5) is 9.52 Å². The average molecular weight is 574 g/mol. The second-order valence-corrected chi connectivity index (χ2v) is 11.4. The fraction of sp³-hybridized carbons (Fsp3) is 0.154. The van der Waals surface area contributed by atoms with E-state index in [4.69, 9.17) is 25.8 Å². The molecule has 196 valence electrons. The van der Waals surface area contributed by atoms with Crippen LogP contribution < -0.4 is 18.5 Å². The first kappa shape index (κ1) is 27.2. The Kier molecular flexibility index (Phi) is 8.06. The van der Waals surface area contributed by atoms with Gasteiger partial charge in [-0.05, 0) is 61.0 Å². The number of hydrogen-bond donors (Lipinski definition) is 0. The quantitative estimate of drug-likeness (QED) is 0.231. The molecule has 0 aliphatic rings. The summed E-state index contributed by atoms with van der Waals surface area (Å²) >= 11 is 7.07. The molecule has 0 N–H and O–H groups in total. The molecule has 38 heavy (non-hydrogen) atoms. The number of rotatable bonds is 9. The number of hydrogen-bond acceptors (Lipinski definition) is 8. The van der Waals surface area contributed by atoms with Crippen molar-refractivity contribution in [1.29, 1.82) is 5.26 Å². The maximum absolute atomic E-state index is 13.9. The third-order valence-corrected chi connectivity index (χ3v) is 8.49. The number of benzene rings is 3. The van der Waals surface area contributed by atoms with Crippen LogP contribution in [0.1, 0.15) is 16.7 Å². The smallest absolute Gasteiger partial charge is 0.266 e. The van der Waals surface area contributed by atoms with Crippen LogP contribution in [-0.2, 0) is 16.6 Å². The third kappa shape index (κ3) is 5.67. The van der Waals surface area contributed by atoms with Gasteiger partial charge in [-0.1, -0.05) is 22.9 Å². The molecule has 0 amide bonds. The van der Waals surface area contributed by atoms with Gasteiger partial charge in [0.05, 0.1) is 37.4 Å². The van der Waals surface area contributed by atoms with E-state index in [2.05, 4.69) is 4.98 Å². The van der Waals surface area contributed by atoms with E-state index >= 15 is 0 Å². The predicted molar refractivity (Wildman–Crippen MR) is 142 cm³/mol. The van der Waals surface area contributed by atoms with Gasteiger partial charge < -0.3 is 14.2 Å². The van der Waals surface area contributed by atoms with E-state index in [-0.39, 0.29) is 27.9 Å². The van der Waals surface area contributed by atoms with E-state index in [1.807, 2.05) is 6.07 Å². The zero-order chi connectivity index (χ0) is 27.4. The number of aryl methyl sites for hydroxylation is 1. The molecule has 0 aliphatic carbocycles. The highest BCUT2D eigenvalue weighted by atomic mass is 35.5. The molecular formula is C26H21ClFN3O5S2. The van der Waals surface area contributed by atoms with Crippen LogP contribution in [0.25, 0.3) is 0 Å². The second-order valence-electron chi connectivity index (χ2n) is 7.92. The van der Waals surface area contributed by atoms with Gasteiger partial charge in [0.25, 0.3) is 10.0 Å². The van der Waals surface area contributed by atoms with Gasteiger partial charge in [-0.3, -0.25) is 0 Å². The molecule has 0 unspecified atom stereocenters. The van der Waals surface area contributed by atoms with Crippen molar-refractivity contribution < 1.29 is 27.0 Å². The lowest BCUT2D eigenvalue weighted by Crippen LogP contribution is -2.30. The Labute approximate surface area is 228 Å². The van der Waals surface area contributed by atoms with Gasteiger partial charge in [0, 0.05) is 11.6 Å². The summed E-state index contributed by atoms with van der Waals surface area (Å²) < 4.78 is 59.1. The highest BCUT2D eigenvalue weighted by Crippen LogP contribution is 2.36. The summed E-state index contributed by atoms with van der Waals surface area (Å²) in [5.74, 6) is 1.00. The monoisotopic (exact) mass is 573 g/mol. The number of aromatic nitrogens is 1. The summed E-state index contributed by atoms with van der Waals surface area (Å²) in [6.45, 7) is 1.53. The molecule has 8 nitrogen and oxygen atoms in total. The van der Waals surface area contributed by atoms with Crippen LogP contribution in [0.2, 0.25) is 4.34 Å². The summed E-state index contributed by atoms with van der Waals surface area (Å²) in [6.07, 6.45) is 1.36. The largest absolute Gasteiger partial charge is 0.497 e. The Hall–Kier alpha value is -3.85. The van der Waals surface area contributed by atoms with Crippen LogP contribution >= 0.6 is 22.9 Å². The normalized spacial score (nSPS) is 11.1. The van der Waals surface area contributed by atoms with Crippen LogP contribution in [0.5, 0.6) is 23.0 Å². The van der Waals surface area contributed by atoms with E-state index in [9.17, 15) is 18.1 Å². The molecule has 12 heteroatoms. The molecule has 0 spiro atoms. The van der Waals surface area contributed by atoms with E-state index in [1.54, 1.807) is 25.1 Å². The maximum atomic E-state index is 13.9. The molecule has 0 saturated carbocycles. The number of nitriles is 1. The topological polar surface area (TPSA) is 102 Å². The molecule has 3 aromatic carbocycles. The van der Waals surface area contributed by atoms with Crippen molar-refractivity contribution in [2.75, 3.05) is 18.5 Å². The highest BCUT2D eigenvalue weighted by molar-refractivity contribution is 7.93. The number of ether oxygens (including phenoxy) is 3. The number of thiazole rings is 1. The van der Waals surface area contributed by atoms with Crippen molar-refractivity contribution in [2.45, 2.75) is 18.4 Å². The molecule has 0 aliphatic heterocycles. The lowest BCUT2D eigenvalue weighted by atomic mass is 10.2. The molecule has 0 atom stereocenters. The van der Waals surface area contributed by atoms with Gasteiger partial charge in [0.2, 0.25) is 5.13 Å². The zero-order valence-electron chi connectivity index (χ0n) is 20.4. The number of nitrogens with zero attached hydrogens (tertiary/aromatic N) is 3. The van der Waals surface area contributed by atoms with Gasteiger partial charge in [0.15, 0.2) is 0 Å². The van der Waals surface area contributed by atoms with Crippen LogP contribution in [0.3, 0.4) is 0 Å². The van der Waals surface area contributed by atoms with Gasteiger partial charge in [-0.15, -0.1) is 0 Å². The highest BCUT2D eigenvalue weighted by Gasteiger charge is 2.30. The number of sulfonamides is 1. The third-order valence-electron chi connectivity index (χ3n) is 5.50. The van der Waals surface area contributed by atoms with Crippen LogP contribution in [-0.4, -0.2) is 27.6 Å². The van der Waals surface area contributed by atoms with Crippen LogP contribution in [0.15, 0.2) is 65.7 Å². The first-order valence-electron chi connectivity index (χ1n) is 11.0. The van der Waals surface area contributed by atoms with Gasteiger partial charge in [0.1, 0.15) is 39.2 Å². The first-order chi connectivity index (χ1) is 18.2. The first-order valence-corrected chi connectivity index (χ1v) is 13.6. The molecule has 0 radical (unpaired) electrons. The molecule has 4 rings (SSSR count). The minimum absolute atomic E-state index is 0.0195. The molecule has 0 saturated heterocycles. The van der Waals surface area contributed by atoms with Crippen molar-refractivity contribution >= 4 is 38.1 Å². The molecule has 1 heterocycles. The van der Waals surface area contributed by atoms with E-state index in [0.717, 1.165) is 15.6 Å². The van der Waals surface area contributed by atoms with Gasteiger partial charge >= 0.3 is 0 Å².